The molecule has 2 atom stereocenters. The Bertz CT molecular complexity index is 443. The number of fused-ring (bicyclic) bond motifs is 1. The van der Waals surface area contributed by atoms with Crippen LogP contribution in [0.2, 0.25) is 0 Å². The molecular formula is C14H20N2O2. The number of hydrogen-bond donors (Lipinski definition) is 3. The third-order valence-electron chi connectivity index (χ3n) is 3.17. The lowest BCUT2D eigenvalue weighted by atomic mass is 10.1. The summed E-state index contributed by atoms with van der Waals surface area (Å²) in [4.78, 5) is 12.0. The summed E-state index contributed by atoms with van der Waals surface area (Å²) >= 11 is 0. The molecule has 0 saturated carbocycles. The monoisotopic (exact) mass is 248 g/mol. The Hall–Kier alpha value is -1.39. The van der Waals surface area contributed by atoms with Crippen molar-refractivity contribution < 1.29 is 9.90 Å². The van der Waals surface area contributed by atoms with Gasteiger partial charge in [-0.05, 0) is 43.5 Å². The molecular weight excluding hydrogens is 228 g/mol. The van der Waals surface area contributed by atoms with Gasteiger partial charge >= 0.3 is 0 Å². The average molecular weight is 248 g/mol. The van der Waals surface area contributed by atoms with E-state index in [0.717, 1.165) is 13.1 Å². The maximum absolute atomic E-state index is 12.0. The van der Waals surface area contributed by atoms with Gasteiger partial charge in [-0.1, -0.05) is 6.07 Å². The van der Waals surface area contributed by atoms with E-state index in [0.29, 0.717) is 12.0 Å². The molecule has 0 aromatic heterocycles. The summed E-state index contributed by atoms with van der Waals surface area (Å²) in [6, 6.07) is 5.78. The first kappa shape index (κ1) is 13.1. The Kier molecular flexibility index (Phi) is 3.99. The van der Waals surface area contributed by atoms with Crippen LogP contribution in [0.5, 0.6) is 0 Å². The van der Waals surface area contributed by atoms with Crippen LogP contribution in [0.3, 0.4) is 0 Å². The zero-order chi connectivity index (χ0) is 13.1. The molecule has 2 unspecified atom stereocenters. The van der Waals surface area contributed by atoms with E-state index in [2.05, 4.69) is 10.6 Å². The maximum atomic E-state index is 12.0. The molecule has 98 valence electrons. The van der Waals surface area contributed by atoms with E-state index < -0.39 is 6.10 Å². The third-order valence-corrected chi connectivity index (χ3v) is 3.17. The van der Waals surface area contributed by atoms with Gasteiger partial charge in [0.2, 0.25) is 0 Å². The Labute approximate surface area is 107 Å². The number of amides is 1. The molecule has 1 amide bonds. The summed E-state index contributed by atoms with van der Waals surface area (Å²) in [5.41, 5.74) is 3.16. The number of rotatable bonds is 4. The van der Waals surface area contributed by atoms with Crippen molar-refractivity contribution >= 4 is 5.91 Å². The third kappa shape index (κ3) is 3.09. The molecule has 1 aromatic carbocycles. The zero-order valence-electron chi connectivity index (χ0n) is 10.9. The molecule has 1 aliphatic heterocycles. The minimum atomic E-state index is -0.399. The Morgan fingerprint density at radius 2 is 2.11 bits per heavy atom. The summed E-state index contributed by atoms with van der Waals surface area (Å²) in [6.07, 6.45) is 0.169. The lowest BCUT2D eigenvalue weighted by Gasteiger charge is -2.15. The van der Waals surface area contributed by atoms with Gasteiger partial charge in [-0.15, -0.1) is 0 Å². The van der Waals surface area contributed by atoms with E-state index >= 15 is 0 Å². The fraction of sp³-hybridized carbons (Fsp3) is 0.500. The van der Waals surface area contributed by atoms with Crippen LogP contribution >= 0.6 is 0 Å². The second-order valence-corrected chi connectivity index (χ2v) is 5.05. The molecule has 0 saturated heterocycles. The standard InChI is InChI=1S/C14H20N2O2/c1-9(5-10(2)17)16-14(18)11-3-4-12-7-15-8-13(12)6-11/h3-4,6,9-10,15,17H,5,7-8H2,1-2H3,(H,16,18). The van der Waals surface area contributed by atoms with Gasteiger partial charge in [0, 0.05) is 24.7 Å². The summed E-state index contributed by atoms with van der Waals surface area (Å²) in [6.45, 7) is 5.35. The molecule has 1 heterocycles. The van der Waals surface area contributed by atoms with Crippen molar-refractivity contribution in [3.63, 3.8) is 0 Å². The second kappa shape index (κ2) is 5.50. The Morgan fingerprint density at radius 1 is 1.39 bits per heavy atom. The molecule has 3 N–H and O–H groups in total. The molecule has 1 aromatic rings. The molecule has 1 aliphatic rings. The van der Waals surface area contributed by atoms with Crippen LogP contribution in [0, 0.1) is 0 Å². The molecule has 0 spiro atoms. The SMILES string of the molecule is CC(O)CC(C)NC(=O)c1ccc2c(c1)CNC2. The number of carbonyl (C=O) groups excluding carboxylic acids is 1. The number of carbonyl (C=O) groups is 1. The first-order valence-electron chi connectivity index (χ1n) is 6.37. The smallest absolute Gasteiger partial charge is 0.251 e. The molecule has 4 nitrogen and oxygen atoms in total. The van der Waals surface area contributed by atoms with Crippen molar-refractivity contribution in [2.75, 3.05) is 0 Å². The summed E-state index contributed by atoms with van der Waals surface area (Å²) in [7, 11) is 0. The highest BCUT2D eigenvalue weighted by atomic mass is 16.3. The van der Waals surface area contributed by atoms with E-state index in [1.54, 1.807) is 6.92 Å². The van der Waals surface area contributed by atoms with E-state index in [1.807, 2.05) is 25.1 Å². The molecule has 0 fully saturated rings. The predicted octanol–water partition coefficient (Wildman–Crippen LogP) is 1.18. The van der Waals surface area contributed by atoms with Crippen molar-refractivity contribution in [1.82, 2.24) is 10.6 Å². The summed E-state index contributed by atoms with van der Waals surface area (Å²) in [5, 5.41) is 15.4. The predicted molar refractivity (Wildman–Crippen MR) is 70.2 cm³/mol. The second-order valence-electron chi connectivity index (χ2n) is 5.05. The topological polar surface area (TPSA) is 61.4 Å². The van der Waals surface area contributed by atoms with Gasteiger partial charge in [0.1, 0.15) is 0 Å². The van der Waals surface area contributed by atoms with Gasteiger partial charge in [0.05, 0.1) is 6.10 Å². The highest BCUT2D eigenvalue weighted by Gasteiger charge is 2.15. The fourth-order valence-electron chi connectivity index (χ4n) is 2.31. The minimum Gasteiger partial charge on any atom is -0.393 e. The van der Waals surface area contributed by atoms with E-state index in [9.17, 15) is 9.90 Å². The van der Waals surface area contributed by atoms with Crippen molar-refractivity contribution in [3.05, 3.63) is 34.9 Å². The highest BCUT2D eigenvalue weighted by Crippen LogP contribution is 2.17. The number of hydrogen-bond acceptors (Lipinski definition) is 3. The fourth-order valence-corrected chi connectivity index (χ4v) is 2.31. The first-order chi connectivity index (χ1) is 8.56. The van der Waals surface area contributed by atoms with Gasteiger partial charge in [0.25, 0.3) is 5.91 Å². The van der Waals surface area contributed by atoms with Gasteiger partial charge in [0.15, 0.2) is 0 Å². The van der Waals surface area contributed by atoms with Gasteiger partial charge in [-0.2, -0.15) is 0 Å². The molecule has 18 heavy (non-hydrogen) atoms. The normalized spacial score (nSPS) is 17.1. The van der Waals surface area contributed by atoms with Crippen LogP contribution in [-0.4, -0.2) is 23.2 Å². The molecule has 4 heteroatoms. The quantitative estimate of drug-likeness (QED) is 0.750. The van der Waals surface area contributed by atoms with Gasteiger partial charge < -0.3 is 15.7 Å². The van der Waals surface area contributed by atoms with Crippen LogP contribution in [0.25, 0.3) is 0 Å². The summed E-state index contributed by atoms with van der Waals surface area (Å²) < 4.78 is 0. The first-order valence-corrected chi connectivity index (χ1v) is 6.37. The number of nitrogens with one attached hydrogen (secondary N) is 2. The average Bonchev–Trinajstić information content (AvgIpc) is 2.74. The molecule has 0 bridgehead atoms. The van der Waals surface area contributed by atoms with E-state index in [-0.39, 0.29) is 11.9 Å². The van der Waals surface area contributed by atoms with Crippen molar-refractivity contribution in [3.8, 4) is 0 Å². The van der Waals surface area contributed by atoms with Crippen LogP contribution in [-0.2, 0) is 13.1 Å². The number of aliphatic hydroxyl groups excluding tert-OH is 1. The lowest BCUT2D eigenvalue weighted by molar-refractivity contribution is 0.0923. The van der Waals surface area contributed by atoms with Crippen LogP contribution in [0.15, 0.2) is 18.2 Å². The summed E-state index contributed by atoms with van der Waals surface area (Å²) in [5.74, 6) is -0.0714. The van der Waals surface area contributed by atoms with Crippen molar-refractivity contribution in [2.24, 2.45) is 0 Å². The zero-order valence-corrected chi connectivity index (χ0v) is 10.9. The van der Waals surface area contributed by atoms with E-state index in [4.69, 9.17) is 0 Å². The Morgan fingerprint density at radius 3 is 2.83 bits per heavy atom. The van der Waals surface area contributed by atoms with Crippen LogP contribution in [0.4, 0.5) is 0 Å². The minimum absolute atomic E-state index is 0.0242. The van der Waals surface area contributed by atoms with Crippen molar-refractivity contribution in [2.45, 2.75) is 45.5 Å². The van der Waals surface area contributed by atoms with Crippen LogP contribution < -0.4 is 10.6 Å². The number of aliphatic hydroxyl groups is 1. The molecule has 0 aliphatic carbocycles. The van der Waals surface area contributed by atoms with Crippen LogP contribution in [0.1, 0.15) is 41.8 Å². The van der Waals surface area contributed by atoms with Gasteiger partial charge in [-0.3, -0.25) is 4.79 Å². The van der Waals surface area contributed by atoms with Crippen molar-refractivity contribution in [1.29, 1.82) is 0 Å². The number of benzene rings is 1. The highest BCUT2D eigenvalue weighted by molar-refractivity contribution is 5.94. The largest absolute Gasteiger partial charge is 0.393 e. The Balaban J connectivity index is 2.01. The van der Waals surface area contributed by atoms with Gasteiger partial charge in [-0.25, -0.2) is 0 Å². The molecule has 2 rings (SSSR count). The molecule has 0 radical (unpaired) electrons. The lowest BCUT2D eigenvalue weighted by Crippen LogP contribution is -2.34. The van der Waals surface area contributed by atoms with E-state index in [1.165, 1.54) is 11.1 Å². The maximum Gasteiger partial charge on any atom is 0.251 e.